The first-order valence-electron chi connectivity index (χ1n) is 7.28. The first-order valence-corrected chi connectivity index (χ1v) is 7.28. The molecule has 0 spiro atoms. The number of nitrogens with one attached hydrogen (secondary N) is 2. The molecule has 3 heteroatoms. The van der Waals surface area contributed by atoms with Crippen molar-refractivity contribution in [3.05, 3.63) is 35.9 Å². The van der Waals surface area contributed by atoms with Crippen molar-refractivity contribution in [1.29, 1.82) is 0 Å². The summed E-state index contributed by atoms with van der Waals surface area (Å²) in [6.07, 6.45) is 2.80. The third kappa shape index (κ3) is 4.67. The fourth-order valence-corrected chi connectivity index (χ4v) is 2.60. The van der Waals surface area contributed by atoms with E-state index in [4.69, 9.17) is 0 Å². The van der Waals surface area contributed by atoms with Gasteiger partial charge in [0.1, 0.15) is 0 Å². The Hall–Kier alpha value is -1.35. The third-order valence-electron chi connectivity index (χ3n) is 3.90. The van der Waals surface area contributed by atoms with Crippen molar-refractivity contribution in [2.75, 3.05) is 19.6 Å². The molecule has 3 nitrogen and oxygen atoms in total. The minimum atomic E-state index is 0.203. The van der Waals surface area contributed by atoms with Gasteiger partial charge in [0.05, 0.1) is 0 Å². The van der Waals surface area contributed by atoms with Crippen LogP contribution in [0.15, 0.2) is 30.3 Å². The van der Waals surface area contributed by atoms with Crippen LogP contribution in [0.5, 0.6) is 0 Å². The monoisotopic (exact) mass is 260 g/mol. The summed E-state index contributed by atoms with van der Waals surface area (Å²) >= 11 is 0. The molecule has 2 rings (SSSR count). The largest absolute Gasteiger partial charge is 0.356 e. The zero-order chi connectivity index (χ0) is 13.5. The first kappa shape index (κ1) is 14.1. The van der Waals surface area contributed by atoms with Crippen molar-refractivity contribution in [3.8, 4) is 0 Å². The van der Waals surface area contributed by atoms with Crippen LogP contribution in [0, 0.1) is 5.92 Å². The number of hydrogen-bond acceptors (Lipinski definition) is 2. The molecule has 0 saturated carbocycles. The molecule has 1 aliphatic heterocycles. The molecule has 2 N–H and O–H groups in total. The quantitative estimate of drug-likeness (QED) is 0.824. The number of amides is 1. The Kier molecular flexibility index (Phi) is 5.40. The zero-order valence-corrected chi connectivity index (χ0v) is 11.7. The predicted molar refractivity (Wildman–Crippen MR) is 78.1 cm³/mol. The van der Waals surface area contributed by atoms with E-state index in [0.29, 0.717) is 18.3 Å². The van der Waals surface area contributed by atoms with Crippen molar-refractivity contribution < 1.29 is 4.79 Å². The summed E-state index contributed by atoms with van der Waals surface area (Å²) in [5, 5.41) is 6.34. The van der Waals surface area contributed by atoms with Crippen LogP contribution >= 0.6 is 0 Å². The van der Waals surface area contributed by atoms with E-state index in [0.717, 1.165) is 32.5 Å². The van der Waals surface area contributed by atoms with Gasteiger partial charge in [-0.05, 0) is 43.3 Å². The lowest BCUT2D eigenvalue weighted by atomic mass is 9.98. The van der Waals surface area contributed by atoms with Gasteiger partial charge < -0.3 is 10.6 Å². The van der Waals surface area contributed by atoms with Gasteiger partial charge in [-0.2, -0.15) is 0 Å². The molecular weight excluding hydrogens is 236 g/mol. The Balaban J connectivity index is 1.64. The Morgan fingerprint density at radius 3 is 2.89 bits per heavy atom. The standard InChI is InChI=1S/C16H24N2O/c1-13(15-5-3-2-4-6-15)7-10-18-16(19)11-14-8-9-17-12-14/h2-6,13-14,17H,7-12H2,1H3,(H,18,19). The van der Waals surface area contributed by atoms with Crippen molar-refractivity contribution in [2.45, 2.75) is 32.1 Å². The van der Waals surface area contributed by atoms with Crippen LogP contribution in [0.25, 0.3) is 0 Å². The molecule has 2 unspecified atom stereocenters. The van der Waals surface area contributed by atoms with Gasteiger partial charge in [-0.15, -0.1) is 0 Å². The van der Waals surface area contributed by atoms with Crippen LogP contribution < -0.4 is 10.6 Å². The van der Waals surface area contributed by atoms with Crippen LogP contribution in [0.4, 0.5) is 0 Å². The number of carbonyl (C=O) groups is 1. The van der Waals surface area contributed by atoms with Crippen LogP contribution in [0.3, 0.4) is 0 Å². The summed E-state index contributed by atoms with van der Waals surface area (Å²) in [6, 6.07) is 10.5. The average molecular weight is 260 g/mol. The maximum Gasteiger partial charge on any atom is 0.220 e. The molecule has 1 aliphatic rings. The molecule has 1 heterocycles. The van der Waals surface area contributed by atoms with E-state index in [9.17, 15) is 4.79 Å². The molecule has 1 aromatic rings. The molecule has 1 aromatic carbocycles. The molecular formula is C16H24N2O. The van der Waals surface area contributed by atoms with Crippen LogP contribution in [-0.4, -0.2) is 25.5 Å². The summed E-state index contributed by atoms with van der Waals surface area (Å²) in [5.41, 5.74) is 1.34. The highest BCUT2D eigenvalue weighted by Crippen LogP contribution is 2.17. The molecule has 1 fully saturated rings. The predicted octanol–water partition coefficient (Wildman–Crippen LogP) is 2.30. The van der Waals surface area contributed by atoms with Crippen molar-refractivity contribution >= 4 is 5.91 Å². The molecule has 2 atom stereocenters. The van der Waals surface area contributed by atoms with E-state index in [1.807, 2.05) is 6.07 Å². The molecule has 104 valence electrons. The van der Waals surface area contributed by atoms with Crippen LogP contribution in [0.2, 0.25) is 0 Å². The minimum absolute atomic E-state index is 0.203. The van der Waals surface area contributed by atoms with E-state index in [1.54, 1.807) is 0 Å². The van der Waals surface area contributed by atoms with E-state index in [1.165, 1.54) is 5.56 Å². The lowest BCUT2D eigenvalue weighted by Crippen LogP contribution is -2.27. The highest BCUT2D eigenvalue weighted by molar-refractivity contribution is 5.76. The molecule has 19 heavy (non-hydrogen) atoms. The molecule has 0 aromatic heterocycles. The Morgan fingerprint density at radius 1 is 1.42 bits per heavy atom. The fourth-order valence-electron chi connectivity index (χ4n) is 2.60. The van der Waals surface area contributed by atoms with Gasteiger partial charge >= 0.3 is 0 Å². The number of benzene rings is 1. The third-order valence-corrected chi connectivity index (χ3v) is 3.90. The summed E-state index contributed by atoms with van der Waals surface area (Å²) < 4.78 is 0. The van der Waals surface area contributed by atoms with Gasteiger partial charge in [0.25, 0.3) is 0 Å². The Morgan fingerprint density at radius 2 is 2.21 bits per heavy atom. The average Bonchev–Trinajstić information content (AvgIpc) is 2.92. The maximum absolute atomic E-state index is 11.8. The van der Waals surface area contributed by atoms with E-state index >= 15 is 0 Å². The second-order valence-corrected chi connectivity index (χ2v) is 5.51. The summed E-state index contributed by atoms with van der Waals surface area (Å²) in [7, 11) is 0. The lowest BCUT2D eigenvalue weighted by molar-refractivity contribution is -0.121. The smallest absolute Gasteiger partial charge is 0.220 e. The van der Waals surface area contributed by atoms with Gasteiger partial charge in [0, 0.05) is 13.0 Å². The van der Waals surface area contributed by atoms with Crippen molar-refractivity contribution in [1.82, 2.24) is 10.6 Å². The van der Waals surface area contributed by atoms with Crippen molar-refractivity contribution in [2.24, 2.45) is 5.92 Å². The topological polar surface area (TPSA) is 41.1 Å². The van der Waals surface area contributed by atoms with Gasteiger partial charge in [-0.3, -0.25) is 4.79 Å². The number of rotatable bonds is 6. The highest BCUT2D eigenvalue weighted by Gasteiger charge is 2.17. The lowest BCUT2D eigenvalue weighted by Gasteiger charge is -2.13. The van der Waals surface area contributed by atoms with Gasteiger partial charge in [0.2, 0.25) is 5.91 Å². The molecule has 0 radical (unpaired) electrons. The minimum Gasteiger partial charge on any atom is -0.356 e. The second-order valence-electron chi connectivity index (χ2n) is 5.51. The number of hydrogen-bond donors (Lipinski definition) is 2. The van der Waals surface area contributed by atoms with E-state index in [2.05, 4.69) is 41.8 Å². The summed E-state index contributed by atoms with van der Waals surface area (Å²) in [5.74, 6) is 1.23. The van der Waals surface area contributed by atoms with E-state index in [-0.39, 0.29) is 5.91 Å². The maximum atomic E-state index is 11.8. The Bertz CT molecular complexity index is 385. The van der Waals surface area contributed by atoms with E-state index < -0.39 is 0 Å². The van der Waals surface area contributed by atoms with Crippen LogP contribution in [-0.2, 0) is 4.79 Å². The molecule has 1 amide bonds. The van der Waals surface area contributed by atoms with Gasteiger partial charge in [-0.25, -0.2) is 0 Å². The molecule has 0 aliphatic carbocycles. The molecule has 1 saturated heterocycles. The Labute approximate surface area is 115 Å². The van der Waals surface area contributed by atoms with Crippen LogP contribution in [0.1, 0.15) is 37.7 Å². The SMILES string of the molecule is CC(CCNC(=O)CC1CCNC1)c1ccccc1. The highest BCUT2D eigenvalue weighted by atomic mass is 16.1. The second kappa shape index (κ2) is 7.29. The fraction of sp³-hybridized carbons (Fsp3) is 0.562. The number of carbonyl (C=O) groups excluding carboxylic acids is 1. The van der Waals surface area contributed by atoms with Crippen molar-refractivity contribution in [3.63, 3.8) is 0 Å². The molecule has 0 bridgehead atoms. The van der Waals surface area contributed by atoms with Gasteiger partial charge in [0.15, 0.2) is 0 Å². The summed E-state index contributed by atoms with van der Waals surface area (Å²) in [6.45, 7) is 5.04. The zero-order valence-electron chi connectivity index (χ0n) is 11.7. The van der Waals surface area contributed by atoms with Gasteiger partial charge in [-0.1, -0.05) is 37.3 Å². The first-order chi connectivity index (χ1) is 9.25. The normalized spacial score (nSPS) is 20.2. The summed E-state index contributed by atoms with van der Waals surface area (Å²) in [4.78, 5) is 11.8.